The first-order valence-electron chi connectivity index (χ1n) is 9.18. The lowest BCUT2D eigenvalue weighted by Crippen LogP contribution is -2.60. The Kier molecular flexibility index (Phi) is 3.42. The highest BCUT2D eigenvalue weighted by Crippen LogP contribution is 2.47. The van der Waals surface area contributed by atoms with Crippen molar-refractivity contribution in [2.45, 2.75) is 31.7 Å². The van der Waals surface area contributed by atoms with E-state index >= 15 is 0 Å². The molecular weight excluding hydrogens is 296 g/mol. The predicted molar refractivity (Wildman–Crippen MR) is 94.6 cm³/mol. The first kappa shape index (κ1) is 14.6. The summed E-state index contributed by atoms with van der Waals surface area (Å²) in [6, 6.07) is 9.34. The van der Waals surface area contributed by atoms with Crippen LogP contribution in [0.2, 0.25) is 0 Å². The molecule has 0 amide bonds. The van der Waals surface area contributed by atoms with Gasteiger partial charge in [-0.1, -0.05) is 12.1 Å². The molecule has 4 heteroatoms. The average Bonchev–Trinajstić information content (AvgIpc) is 3.04. The summed E-state index contributed by atoms with van der Waals surface area (Å²) in [4.78, 5) is 11.5. The van der Waals surface area contributed by atoms with E-state index < -0.39 is 0 Å². The van der Waals surface area contributed by atoms with Gasteiger partial charge >= 0.3 is 0 Å². The number of nitrogens with one attached hydrogen (secondary N) is 1. The van der Waals surface area contributed by atoms with E-state index in [1.54, 1.807) is 5.56 Å². The van der Waals surface area contributed by atoms with Crippen LogP contribution >= 0.6 is 0 Å². The molecule has 4 nitrogen and oxygen atoms in total. The molecule has 24 heavy (non-hydrogen) atoms. The maximum atomic E-state index is 4.39. The average molecular weight is 320 g/mol. The monoisotopic (exact) mass is 320 g/mol. The number of hydrogen-bond donors (Lipinski definition) is 1. The summed E-state index contributed by atoms with van der Waals surface area (Å²) < 4.78 is 0. The van der Waals surface area contributed by atoms with Crippen LogP contribution in [0.3, 0.4) is 0 Å². The molecule has 1 spiro atoms. The van der Waals surface area contributed by atoms with Crippen molar-refractivity contribution < 1.29 is 0 Å². The standard InChI is InChI=1S/C20H24N4/c1-8-22-19(23-9-1)16-2-4-17-15(12-16)3-5-18(17)24-13-20(14-24)6-10-21-11-7-20/h1-2,4,8-9,12,18,21H,3,5-7,10-11,13-14H2/t18-/m1/s1. The molecule has 2 fully saturated rings. The summed E-state index contributed by atoms with van der Waals surface area (Å²) in [5.74, 6) is 0.835. The Balaban J connectivity index is 1.35. The van der Waals surface area contributed by atoms with Crippen LogP contribution in [0, 0.1) is 5.41 Å². The Morgan fingerprint density at radius 2 is 1.88 bits per heavy atom. The smallest absolute Gasteiger partial charge is 0.159 e. The molecule has 1 N–H and O–H groups in total. The number of rotatable bonds is 2. The molecule has 2 aliphatic heterocycles. The zero-order valence-electron chi connectivity index (χ0n) is 14.0. The number of nitrogens with zero attached hydrogens (tertiary/aromatic N) is 3. The van der Waals surface area contributed by atoms with Crippen molar-refractivity contribution in [3.05, 3.63) is 47.8 Å². The fourth-order valence-electron chi connectivity index (χ4n) is 4.87. The SMILES string of the molecule is c1cnc(-c2ccc3c(c2)CC[C@H]3N2CC3(CCNCC3)C2)nc1. The van der Waals surface area contributed by atoms with Crippen molar-refractivity contribution in [3.63, 3.8) is 0 Å². The zero-order chi connectivity index (χ0) is 16.0. The highest BCUT2D eigenvalue weighted by molar-refractivity contribution is 5.58. The highest BCUT2D eigenvalue weighted by Gasteiger charge is 2.46. The number of aryl methyl sites for hydroxylation is 1. The second kappa shape index (κ2) is 5.64. The number of aromatic nitrogens is 2. The van der Waals surface area contributed by atoms with Gasteiger partial charge in [-0.05, 0) is 67.4 Å². The summed E-state index contributed by atoms with van der Waals surface area (Å²) in [5, 5.41) is 3.50. The third kappa shape index (κ3) is 2.36. The Morgan fingerprint density at radius 3 is 2.67 bits per heavy atom. The van der Waals surface area contributed by atoms with Gasteiger partial charge in [0.1, 0.15) is 0 Å². The second-order valence-electron chi connectivity index (χ2n) is 7.70. The largest absolute Gasteiger partial charge is 0.317 e. The van der Waals surface area contributed by atoms with Gasteiger partial charge in [0.25, 0.3) is 0 Å². The van der Waals surface area contributed by atoms with Crippen molar-refractivity contribution in [2.75, 3.05) is 26.2 Å². The van der Waals surface area contributed by atoms with Gasteiger partial charge in [0.15, 0.2) is 5.82 Å². The van der Waals surface area contributed by atoms with Crippen LogP contribution < -0.4 is 5.32 Å². The van der Waals surface area contributed by atoms with Crippen LogP contribution in [0.4, 0.5) is 0 Å². The Morgan fingerprint density at radius 1 is 1.08 bits per heavy atom. The molecule has 0 unspecified atom stereocenters. The first-order chi connectivity index (χ1) is 11.8. The van der Waals surface area contributed by atoms with E-state index in [-0.39, 0.29) is 0 Å². The lowest BCUT2D eigenvalue weighted by Gasteiger charge is -2.55. The van der Waals surface area contributed by atoms with Crippen molar-refractivity contribution in [1.29, 1.82) is 0 Å². The topological polar surface area (TPSA) is 41.1 Å². The molecule has 5 rings (SSSR count). The fraction of sp³-hybridized carbons (Fsp3) is 0.500. The van der Waals surface area contributed by atoms with Gasteiger partial charge in [0.05, 0.1) is 0 Å². The Hall–Kier alpha value is -1.78. The summed E-state index contributed by atoms with van der Waals surface area (Å²) >= 11 is 0. The van der Waals surface area contributed by atoms with Crippen LogP contribution in [0.15, 0.2) is 36.7 Å². The number of benzene rings is 1. The van der Waals surface area contributed by atoms with E-state index in [1.165, 1.54) is 57.4 Å². The van der Waals surface area contributed by atoms with Gasteiger partial charge in [-0.15, -0.1) is 0 Å². The molecule has 0 bridgehead atoms. The van der Waals surface area contributed by atoms with E-state index in [9.17, 15) is 0 Å². The van der Waals surface area contributed by atoms with Crippen LogP contribution in [0.5, 0.6) is 0 Å². The van der Waals surface area contributed by atoms with Crippen LogP contribution in [-0.4, -0.2) is 41.0 Å². The lowest BCUT2D eigenvalue weighted by atomic mass is 9.71. The predicted octanol–water partition coefficient (Wildman–Crippen LogP) is 2.82. The van der Waals surface area contributed by atoms with E-state index in [0.717, 1.165) is 11.4 Å². The minimum absolute atomic E-state index is 0.617. The van der Waals surface area contributed by atoms with Crippen LogP contribution in [0.25, 0.3) is 11.4 Å². The molecule has 1 aliphatic carbocycles. The second-order valence-corrected chi connectivity index (χ2v) is 7.70. The molecule has 124 valence electrons. The van der Waals surface area contributed by atoms with Crippen molar-refractivity contribution in [1.82, 2.24) is 20.2 Å². The molecule has 1 aromatic carbocycles. The van der Waals surface area contributed by atoms with Crippen LogP contribution in [0.1, 0.15) is 36.4 Å². The van der Waals surface area contributed by atoms with E-state index in [0.29, 0.717) is 11.5 Å². The zero-order valence-corrected chi connectivity index (χ0v) is 14.0. The molecule has 3 heterocycles. The molecule has 1 aromatic heterocycles. The summed E-state index contributed by atoms with van der Waals surface area (Å²) in [5.41, 5.74) is 4.80. The quantitative estimate of drug-likeness (QED) is 0.924. The lowest BCUT2D eigenvalue weighted by molar-refractivity contribution is -0.0512. The molecule has 0 radical (unpaired) electrons. The van der Waals surface area contributed by atoms with Gasteiger partial charge in [-0.2, -0.15) is 0 Å². The number of fused-ring (bicyclic) bond motifs is 1. The van der Waals surface area contributed by atoms with Crippen LogP contribution in [-0.2, 0) is 6.42 Å². The summed E-state index contributed by atoms with van der Waals surface area (Å²) in [7, 11) is 0. The Bertz CT molecular complexity index is 729. The number of likely N-dealkylation sites (tertiary alicyclic amines) is 1. The number of hydrogen-bond acceptors (Lipinski definition) is 4. The summed E-state index contributed by atoms with van der Waals surface area (Å²) in [6.45, 7) is 5.00. The molecule has 1 atom stereocenters. The van der Waals surface area contributed by atoms with Crippen molar-refractivity contribution in [3.8, 4) is 11.4 Å². The fourth-order valence-corrected chi connectivity index (χ4v) is 4.87. The summed E-state index contributed by atoms with van der Waals surface area (Å²) in [6.07, 6.45) is 8.79. The third-order valence-corrected chi connectivity index (χ3v) is 6.20. The molecule has 0 saturated carbocycles. The molecule has 2 saturated heterocycles. The Labute approximate surface area is 143 Å². The molecular formula is C20H24N4. The minimum Gasteiger partial charge on any atom is -0.317 e. The van der Waals surface area contributed by atoms with Gasteiger partial charge in [0.2, 0.25) is 0 Å². The molecule has 3 aliphatic rings. The van der Waals surface area contributed by atoms with Crippen molar-refractivity contribution in [2.24, 2.45) is 5.41 Å². The van der Waals surface area contributed by atoms with Gasteiger partial charge in [0, 0.05) is 37.1 Å². The first-order valence-corrected chi connectivity index (χ1v) is 9.18. The van der Waals surface area contributed by atoms with Gasteiger partial charge in [-0.3, -0.25) is 4.90 Å². The van der Waals surface area contributed by atoms with E-state index in [1.807, 2.05) is 18.5 Å². The van der Waals surface area contributed by atoms with Gasteiger partial charge < -0.3 is 5.32 Å². The minimum atomic E-state index is 0.617. The normalized spacial score (nSPS) is 25.4. The third-order valence-electron chi connectivity index (χ3n) is 6.20. The van der Waals surface area contributed by atoms with E-state index in [2.05, 4.69) is 38.4 Å². The van der Waals surface area contributed by atoms with Crippen molar-refractivity contribution >= 4 is 0 Å². The maximum Gasteiger partial charge on any atom is 0.159 e. The van der Waals surface area contributed by atoms with Gasteiger partial charge in [-0.25, -0.2) is 9.97 Å². The molecule has 2 aromatic rings. The highest BCUT2D eigenvalue weighted by atomic mass is 15.2. The van der Waals surface area contributed by atoms with E-state index in [4.69, 9.17) is 0 Å². The maximum absolute atomic E-state index is 4.39. The number of piperidine rings is 1.